The van der Waals surface area contributed by atoms with E-state index in [9.17, 15) is 10.1 Å². The van der Waals surface area contributed by atoms with E-state index in [-0.39, 0.29) is 23.6 Å². The van der Waals surface area contributed by atoms with Crippen LogP contribution in [0.2, 0.25) is 0 Å². The summed E-state index contributed by atoms with van der Waals surface area (Å²) >= 11 is 0. The average Bonchev–Trinajstić information content (AvgIpc) is 3.04. The van der Waals surface area contributed by atoms with E-state index in [2.05, 4.69) is 6.07 Å². The molecule has 0 spiro atoms. The smallest absolute Gasteiger partial charge is 0.338 e. The molecule has 0 bridgehead atoms. The second kappa shape index (κ2) is 9.06. The third-order valence-corrected chi connectivity index (χ3v) is 5.43. The molecule has 4 rings (SSSR count). The number of rotatable bonds is 4. The van der Waals surface area contributed by atoms with E-state index in [1.807, 2.05) is 42.5 Å². The van der Waals surface area contributed by atoms with Crippen LogP contribution in [0.5, 0.6) is 11.5 Å². The molecule has 0 fully saturated rings. The minimum Gasteiger partial charge on any atom is -0.490 e. The van der Waals surface area contributed by atoms with Crippen LogP contribution in [-0.2, 0) is 14.3 Å². The van der Waals surface area contributed by atoms with Gasteiger partial charge in [0.05, 0.1) is 31.3 Å². The summed E-state index contributed by atoms with van der Waals surface area (Å²) in [6.45, 7) is 4.84. The van der Waals surface area contributed by atoms with Crippen LogP contribution in [0.4, 0.5) is 0 Å². The van der Waals surface area contributed by atoms with Crippen LogP contribution in [0.3, 0.4) is 0 Å². The summed E-state index contributed by atoms with van der Waals surface area (Å²) in [5, 5.41) is 9.71. The second-order valence-corrected chi connectivity index (χ2v) is 7.45. The Hall–Kier alpha value is -3.92. The Morgan fingerprint density at radius 2 is 1.81 bits per heavy atom. The van der Waals surface area contributed by atoms with Gasteiger partial charge in [0, 0.05) is 6.42 Å². The molecule has 2 aromatic rings. The van der Waals surface area contributed by atoms with Crippen molar-refractivity contribution >= 4 is 5.97 Å². The number of nitrogens with two attached hydrogens (primary N) is 1. The van der Waals surface area contributed by atoms with Gasteiger partial charge >= 0.3 is 5.97 Å². The maximum atomic E-state index is 12.7. The van der Waals surface area contributed by atoms with Gasteiger partial charge in [0.2, 0.25) is 5.88 Å². The van der Waals surface area contributed by atoms with E-state index in [0.717, 1.165) is 34.6 Å². The number of benzene rings is 2. The number of esters is 1. The predicted molar refractivity (Wildman–Crippen MR) is 117 cm³/mol. The fraction of sp³-hybridized carbons (Fsp3) is 0.280. The summed E-state index contributed by atoms with van der Waals surface area (Å²) in [7, 11) is 0. The molecule has 0 saturated carbocycles. The summed E-state index contributed by atoms with van der Waals surface area (Å²) in [6.07, 6.45) is 0.845. The lowest BCUT2D eigenvalue weighted by molar-refractivity contribution is -0.139. The van der Waals surface area contributed by atoms with Crippen molar-refractivity contribution in [2.45, 2.75) is 26.2 Å². The van der Waals surface area contributed by atoms with Crippen LogP contribution in [0.15, 0.2) is 65.3 Å². The van der Waals surface area contributed by atoms with Crippen molar-refractivity contribution in [1.29, 1.82) is 5.26 Å². The van der Waals surface area contributed by atoms with Crippen molar-refractivity contribution in [2.24, 2.45) is 5.73 Å². The second-order valence-electron chi connectivity index (χ2n) is 7.45. The van der Waals surface area contributed by atoms with Gasteiger partial charge in [-0.25, -0.2) is 4.79 Å². The molecule has 0 amide bonds. The van der Waals surface area contributed by atoms with E-state index < -0.39 is 11.9 Å². The molecule has 0 saturated heterocycles. The molecule has 1 unspecified atom stereocenters. The number of fused-ring (bicyclic) bond motifs is 1. The van der Waals surface area contributed by atoms with Crippen molar-refractivity contribution in [3.63, 3.8) is 0 Å². The summed E-state index contributed by atoms with van der Waals surface area (Å²) in [5.74, 6) is 0.600. The fourth-order valence-electron chi connectivity index (χ4n) is 3.90. The molecular formula is C25H24N2O5. The molecule has 7 nitrogen and oxygen atoms in total. The Balaban J connectivity index is 1.70. The predicted octanol–water partition coefficient (Wildman–Crippen LogP) is 4.16. The van der Waals surface area contributed by atoms with E-state index in [1.54, 1.807) is 13.8 Å². The average molecular weight is 432 g/mol. The molecule has 2 N–H and O–H groups in total. The quantitative estimate of drug-likeness (QED) is 0.724. The van der Waals surface area contributed by atoms with E-state index in [4.69, 9.17) is 24.7 Å². The number of nitrogens with zero attached hydrogens (tertiary/aromatic N) is 1. The van der Waals surface area contributed by atoms with Gasteiger partial charge in [-0.05, 0) is 42.7 Å². The van der Waals surface area contributed by atoms with E-state index >= 15 is 0 Å². The summed E-state index contributed by atoms with van der Waals surface area (Å²) < 4.78 is 22.2. The number of carbonyl (C=O) groups is 1. The first kappa shape index (κ1) is 21.3. The maximum Gasteiger partial charge on any atom is 0.338 e. The minimum atomic E-state index is -0.661. The van der Waals surface area contributed by atoms with Crippen molar-refractivity contribution in [3.8, 4) is 28.7 Å². The lowest BCUT2D eigenvalue weighted by atomic mass is 9.82. The molecule has 1 atom stereocenters. The molecule has 0 radical (unpaired) electrons. The Bertz CT molecular complexity index is 1140. The maximum absolute atomic E-state index is 12.7. The highest BCUT2D eigenvalue weighted by atomic mass is 16.5. The Labute approximate surface area is 186 Å². The molecule has 2 heterocycles. The highest BCUT2D eigenvalue weighted by molar-refractivity contribution is 5.92. The van der Waals surface area contributed by atoms with Crippen LogP contribution in [0.25, 0.3) is 11.1 Å². The van der Waals surface area contributed by atoms with Crippen molar-refractivity contribution < 1.29 is 23.7 Å². The lowest BCUT2D eigenvalue weighted by Crippen LogP contribution is -2.25. The van der Waals surface area contributed by atoms with Crippen LogP contribution in [-0.4, -0.2) is 25.8 Å². The van der Waals surface area contributed by atoms with Crippen LogP contribution in [0, 0.1) is 11.3 Å². The molecular weight excluding hydrogens is 408 g/mol. The molecule has 0 aromatic heterocycles. The molecule has 2 aromatic carbocycles. The van der Waals surface area contributed by atoms with Gasteiger partial charge in [0.15, 0.2) is 11.5 Å². The summed E-state index contributed by atoms with van der Waals surface area (Å²) in [5.41, 5.74) is 9.11. The zero-order valence-electron chi connectivity index (χ0n) is 18.0. The number of nitriles is 1. The standard InChI is InChI=1S/C25H24N2O5/c1-3-29-25(28)22-15(2)32-24(27)19(14-26)23(22)17-7-5-16(6-8-17)18-9-10-20-21(13-18)31-12-4-11-30-20/h5-10,13,23H,3-4,11-12,27H2,1-2H3. The normalized spacial score (nSPS) is 17.8. The Morgan fingerprint density at radius 3 is 2.50 bits per heavy atom. The fourth-order valence-corrected chi connectivity index (χ4v) is 3.90. The highest BCUT2D eigenvalue weighted by Crippen LogP contribution is 2.40. The number of carbonyl (C=O) groups excluding carboxylic acids is 1. The number of ether oxygens (including phenoxy) is 4. The van der Waals surface area contributed by atoms with Gasteiger partial charge in [-0.15, -0.1) is 0 Å². The van der Waals surface area contributed by atoms with Gasteiger partial charge < -0.3 is 24.7 Å². The number of hydrogen-bond acceptors (Lipinski definition) is 7. The third-order valence-electron chi connectivity index (χ3n) is 5.43. The molecule has 2 aliphatic heterocycles. The zero-order chi connectivity index (χ0) is 22.7. The van der Waals surface area contributed by atoms with Crippen LogP contribution < -0.4 is 15.2 Å². The van der Waals surface area contributed by atoms with Gasteiger partial charge in [0.25, 0.3) is 0 Å². The molecule has 7 heteroatoms. The first-order valence-electron chi connectivity index (χ1n) is 10.5. The van der Waals surface area contributed by atoms with Gasteiger partial charge in [-0.3, -0.25) is 0 Å². The third kappa shape index (κ3) is 4.00. The highest BCUT2D eigenvalue weighted by Gasteiger charge is 2.36. The SMILES string of the molecule is CCOC(=O)C1=C(C)OC(N)=C(C#N)C1c1ccc(-c2ccc3c(c2)OCCCO3)cc1. The first-order chi connectivity index (χ1) is 15.5. The molecule has 2 aliphatic rings. The number of hydrogen-bond donors (Lipinski definition) is 1. The van der Waals surface area contributed by atoms with Gasteiger partial charge in [-0.1, -0.05) is 30.3 Å². The zero-order valence-corrected chi connectivity index (χ0v) is 18.0. The van der Waals surface area contributed by atoms with Crippen molar-refractivity contribution in [1.82, 2.24) is 0 Å². The topological polar surface area (TPSA) is 104 Å². The minimum absolute atomic E-state index is 0.00461. The lowest BCUT2D eigenvalue weighted by Gasteiger charge is -2.27. The van der Waals surface area contributed by atoms with E-state index in [1.165, 1.54) is 0 Å². The summed E-state index contributed by atoms with van der Waals surface area (Å²) in [4.78, 5) is 12.7. The van der Waals surface area contributed by atoms with E-state index in [0.29, 0.717) is 19.0 Å². The Morgan fingerprint density at radius 1 is 1.12 bits per heavy atom. The molecule has 0 aliphatic carbocycles. The largest absolute Gasteiger partial charge is 0.490 e. The summed E-state index contributed by atoms with van der Waals surface area (Å²) in [6, 6.07) is 15.6. The van der Waals surface area contributed by atoms with Crippen LogP contribution in [0.1, 0.15) is 31.7 Å². The van der Waals surface area contributed by atoms with Crippen molar-refractivity contribution in [3.05, 3.63) is 70.8 Å². The van der Waals surface area contributed by atoms with Gasteiger partial charge in [-0.2, -0.15) is 5.26 Å². The first-order valence-corrected chi connectivity index (χ1v) is 10.5. The molecule has 164 valence electrons. The monoisotopic (exact) mass is 432 g/mol. The van der Waals surface area contributed by atoms with Gasteiger partial charge in [0.1, 0.15) is 17.4 Å². The van der Waals surface area contributed by atoms with Crippen LogP contribution >= 0.6 is 0 Å². The Kier molecular flexibility index (Phi) is 6.04. The van der Waals surface area contributed by atoms with Crippen molar-refractivity contribution in [2.75, 3.05) is 19.8 Å². The number of allylic oxidation sites excluding steroid dienone is 2. The molecule has 32 heavy (non-hydrogen) atoms.